The normalized spacial score (nSPS) is 12.9. The van der Waals surface area contributed by atoms with Crippen LogP contribution in [0.25, 0.3) is 66.4 Å². The van der Waals surface area contributed by atoms with Crippen LogP contribution < -0.4 is 4.90 Å². The minimum Gasteiger partial charge on any atom is -0.454 e. The lowest BCUT2D eigenvalue weighted by molar-refractivity contribution is 0.660. The third kappa shape index (κ3) is 5.18. The quantitative estimate of drug-likeness (QED) is 0.174. The third-order valence-corrected chi connectivity index (χ3v) is 11.1. The molecule has 1 aromatic heterocycles. The molecule has 0 fully saturated rings. The van der Waals surface area contributed by atoms with Crippen molar-refractivity contribution in [2.45, 2.75) is 19.3 Å². The van der Waals surface area contributed by atoms with Crippen molar-refractivity contribution in [1.82, 2.24) is 0 Å². The highest BCUT2D eigenvalue weighted by molar-refractivity contribution is 6.12. The summed E-state index contributed by atoms with van der Waals surface area (Å²) in [5.41, 5.74) is 17.2. The zero-order valence-electron chi connectivity index (χ0n) is 29.8. The van der Waals surface area contributed by atoms with Crippen LogP contribution >= 0.6 is 0 Å². The smallest absolute Gasteiger partial charge is 0.159 e. The molecular weight excluding hydrogens is 643 g/mol. The number of furan rings is 1. The highest BCUT2D eigenvalue weighted by atomic mass is 16.3. The van der Waals surface area contributed by atoms with Gasteiger partial charge in [0, 0.05) is 27.6 Å². The molecule has 53 heavy (non-hydrogen) atoms. The number of rotatable bonds is 6. The molecule has 252 valence electrons. The van der Waals surface area contributed by atoms with Crippen molar-refractivity contribution < 1.29 is 4.42 Å². The Bertz CT molecular complexity index is 2780. The first-order chi connectivity index (χ1) is 26.0. The Labute approximate surface area is 310 Å². The molecule has 0 unspecified atom stereocenters. The molecule has 1 aliphatic carbocycles. The molecule has 2 nitrogen and oxygen atoms in total. The van der Waals surface area contributed by atoms with Crippen LogP contribution in [-0.2, 0) is 5.41 Å². The second-order valence-corrected chi connectivity index (χ2v) is 14.6. The summed E-state index contributed by atoms with van der Waals surface area (Å²) in [5, 5.41) is 2.22. The van der Waals surface area contributed by atoms with E-state index in [0.29, 0.717) is 0 Å². The highest BCUT2D eigenvalue weighted by Crippen LogP contribution is 2.52. The van der Waals surface area contributed by atoms with Crippen LogP contribution in [0.2, 0.25) is 0 Å². The summed E-state index contributed by atoms with van der Waals surface area (Å²) < 4.78 is 6.78. The molecule has 0 saturated heterocycles. The van der Waals surface area contributed by atoms with Gasteiger partial charge in [0.05, 0.1) is 5.69 Å². The first-order valence-electron chi connectivity index (χ1n) is 18.3. The first-order valence-corrected chi connectivity index (χ1v) is 18.3. The average molecular weight is 680 g/mol. The van der Waals surface area contributed by atoms with Crippen molar-refractivity contribution in [2.75, 3.05) is 4.90 Å². The zero-order valence-corrected chi connectivity index (χ0v) is 29.8. The summed E-state index contributed by atoms with van der Waals surface area (Å²) in [4.78, 5) is 2.39. The van der Waals surface area contributed by atoms with Gasteiger partial charge < -0.3 is 9.32 Å². The Kier molecular flexibility index (Phi) is 7.19. The molecule has 0 saturated carbocycles. The lowest BCUT2D eigenvalue weighted by atomic mass is 9.82. The molecule has 8 aromatic carbocycles. The maximum absolute atomic E-state index is 6.78. The van der Waals surface area contributed by atoms with Crippen molar-refractivity contribution in [3.8, 4) is 44.5 Å². The summed E-state index contributed by atoms with van der Waals surface area (Å²) in [6.07, 6.45) is 0. The van der Waals surface area contributed by atoms with Gasteiger partial charge in [-0.3, -0.25) is 0 Å². The monoisotopic (exact) mass is 679 g/mol. The number of fused-ring (bicyclic) bond motifs is 6. The van der Waals surface area contributed by atoms with Crippen LogP contribution in [0.3, 0.4) is 0 Å². The van der Waals surface area contributed by atoms with Gasteiger partial charge in [-0.25, -0.2) is 0 Å². The lowest BCUT2D eigenvalue weighted by Crippen LogP contribution is -2.16. The standard InChI is InChI=1S/C51H37NO/c1-51(2)46-19-11-9-17-42(46)43-30-29-41(33-47(43)51)52(40-27-25-38(26-28-40)37-23-21-36(22-24-37)34-13-5-3-6-14-34)48-32-39(35-15-7-4-8-16-35)31-45-44-18-10-12-20-49(44)53-50(45)48/h3-33H,1-2H3. The predicted molar refractivity (Wildman–Crippen MR) is 222 cm³/mol. The van der Waals surface area contributed by atoms with E-state index in [9.17, 15) is 0 Å². The van der Waals surface area contributed by atoms with Gasteiger partial charge in [-0.2, -0.15) is 0 Å². The third-order valence-electron chi connectivity index (χ3n) is 11.1. The molecule has 2 heteroatoms. The van der Waals surface area contributed by atoms with Crippen LogP contribution in [0, 0.1) is 0 Å². The lowest BCUT2D eigenvalue weighted by Gasteiger charge is -2.28. The Morgan fingerprint density at radius 2 is 0.925 bits per heavy atom. The van der Waals surface area contributed by atoms with Crippen molar-refractivity contribution in [2.24, 2.45) is 0 Å². The fourth-order valence-electron chi connectivity index (χ4n) is 8.32. The summed E-state index contributed by atoms with van der Waals surface area (Å²) in [6.45, 7) is 4.69. The SMILES string of the molecule is CC1(C)c2ccccc2-c2ccc(N(c3ccc(-c4ccc(-c5ccccc5)cc4)cc3)c3cc(-c4ccccc4)cc4c3oc3ccccc34)cc21. The van der Waals surface area contributed by atoms with E-state index in [1.807, 2.05) is 6.07 Å². The van der Waals surface area contributed by atoms with Gasteiger partial charge in [0.15, 0.2) is 5.58 Å². The second kappa shape index (κ2) is 12.3. The fraction of sp³-hybridized carbons (Fsp3) is 0.0588. The molecular formula is C51H37NO. The van der Waals surface area contributed by atoms with Gasteiger partial charge in [0.1, 0.15) is 5.58 Å². The Balaban J connectivity index is 1.16. The summed E-state index contributed by atoms with van der Waals surface area (Å²) in [6, 6.07) is 67.8. The summed E-state index contributed by atoms with van der Waals surface area (Å²) in [7, 11) is 0. The van der Waals surface area contributed by atoms with Gasteiger partial charge in [0.2, 0.25) is 0 Å². The van der Waals surface area contributed by atoms with Gasteiger partial charge in [-0.15, -0.1) is 0 Å². The number of benzene rings is 8. The molecule has 10 rings (SSSR count). The molecule has 0 radical (unpaired) electrons. The molecule has 0 N–H and O–H groups in total. The molecule has 9 aromatic rings. The molecule has 0 bridgehead atoms. The second-order valence-electron chi connectivity index (χ2n) is 14.6. The summed E-state index contributed by atoms with van der Waals surface area (Å²) >= 11 is 0. The van der Waals surface area contributed by atoms with Crippen LogP contribution in [0.15, 0.2) is 192 Å². The molecule has 0 atom stereocenters. The van der Waals surface area contributed by atoms with Gasteiger partial charge in [-0.05, 0) is 98.1 Å². The molecule has 0 spiro atoms. The van der Waals surface area contributed by atoms with E-state index >= 15 is 0 Å². The number of para-hydroxylation sites is 1. The van der Waals surface area contributed by atoms with Crippen LogP contribution in [0.4, 0.5) is 17.1 Å². The molecule has 1 heterocycles. The summed E-state index contributed by atoms with van der Waals surface area (Å²) in [5.74, 6) is 0. The largest absolute Gasteiger partial charge is 0.454 e. The van der Waals surface area contributed by atoms with Crippen molar-refractivity contribution >= 4 is 39.0 Å². The highest BCUT2D eigenvalue weighted by Gasteiger charge is 2.36. The van der Waals surface area contributed by atoms with Crippen molar-refractivity contribution in [3.05, 3.63) is 199 Å². The molecule has 1 aliphatic rings. The Morgan fingerprint density at radius 1 is 0.396 bits per heavy atom. The van der Waals surface area contributed by atoms with Crippen molar-refractivity contribution in [3.63, 3.8) is 0 Å². The Morgan fingerprint density at radius 3 is 1.62 bits per heavy atom. The predicted octanol–water partition coefficient (Wildman–Crippen LogP) is 14.4. The Hall–Kier alpha value is -6.64. The van der Waals surface area contributed by atoms with E-state index in [1.165, 1.54) is 50.1 Å². The number of nitrogens with zero attached hydrogens (tertiary/aromatic N) is 1. The van der Waals surface area contributed by atoms with E-state index in [0.717, 1.165) is 44.6 Å². The van der Waals surface area contributed by atoms with E-state index in [-0.39, 0.29) is 5.41 Å². The van der Waals surface area contributed by atoms with Crippen LogP contribution in [0.1, 0.15) is 25.0 Å². The minimum absolute atomic E-state index is 0.135. The van der Waals surface area contributed by atoms with Crippen molar-refractivity contribution in [1.29, 1.82) is 0 Å². The number of hydrogen-bond acceptors (Lipinski definition) is 2. The van der Waals surface area contributed by atoms with E-state index in [4.69, 9.17) is 4.42 Å². The topological polar surface area (TPSA) is 16.4 Å². The van der Waals surface area contributed by atoms with Gasteiger partial charge in [0.25, 0.3) is 0 Å². The molecule has 0 amide bonds. The van der Waals surface area contributed by atoms with E-state index < -0.39 is 0 Å². The number of anilines is 3. The average Bonchev–Trinajstić information content (AvgIpc) is 3.71. The number of hydrogen-bond donors (Lipinski definition) is 0. The van der Waals surface area contributed by atoms with E-state index in [2.05, 4.69) is 201 Å². The van der Waals surface area contributed by atoms with E-state index in [1.54, 1.807) is 0 Å². The minimum atomic E-state index is -0.135. The van der Waals surface area contributed by atoms with Crippen LogP contribution in [0.5, 0.6) is 0 Å². The molecule has 0 aliphatic heterocycles. The maximum Gasteiger partial charge on any atom is 0.159 e. The first kappa shape index (κ1) is 31.1. The fourth-order valence-corrected chi connectivity index (χ4v) is 8.32. The van der Waals surface area contributed by atoms with Gasteiger partial charge >= 0.3 is 0 Å². The maximum atomic E-state index is 6.78. The van der Waals surface area contributed by atoms with Gasteiger partial charge in [-0.1, -0.05) is 159 Å². The zero-order chi connectivity index (χ0) is 35.5. The van der Waals surface area contributed by atoms with Crippen LogP contribution in [-0.4, -0.2) is 0 Å².